The molecular weight excluding hydrogens is 449 g/mol. The number of anilines is 1. The van der Waals surface area contributed by atoms with Crippen molar-refractivity contribution in [1.29, 1.82) is 0 Å². The molecule has 2 heterocycles. The topological polar surface area (TPSA) is 42.9 Å². The van der Waals surface area contributed by atoms with Gasteiger partial charge in [-0.15, -0.1) is 24.0 Å². The van der Waals surface area contributed by atoms with Crippen LogP contribution in [0.2, 0.25) is 0 Å². The van der Waals surface area contributed by atoms with Crippen molar-refractivity contribution in [2.45, 2.75) is 50.9 Å². The third-order valence-corrected chi connectivity index (χ3v) is 5.78. The first-order chi connectivity index (χ1) is 12.7. The van der Waals surface area contributed by atoms with Crippen LogP contribution in [0.4, 0.5) is 5.69 Å². The Bertz CT molecular complexity index is 660. The van der Waals surface area contributed by atoms with Gasteiger partial charge in [-0.05, 0) is 43.9 Å². The molecule has 1 aliphatic carbocycles. The maximum Gasteiger partial charge on any atom is 0.191 e. The van der Waals surface area contributed by atoms with E-state index in [9.17, 15) is 0 Å². The van der Waals surface area contributed by atoms with Gasteiger partial charge in [0.05, 0.1) is 0 Å². The summed E-state index contributed by atoms with van der Waals surface area (Å²) in [6.45, 7) is 6.34. The summed E-state index contributed by atoms with van der Waals surface area (Å²) in [5, 5.41) is 7.09. The van der Waals surface area contributed by atoms with E-state index in [0.717, 1.165) is 38.2 Å². The van der Waals surface area contributed by atoms with Gasteiger partial charge in [-0.25, -0.2) is 0 Å². The molecule has 0 radical (unpaired) electrons. The van der Waals surface area contributed by atoms with Gasteiger partial charge in [0, 0.05) is 57.0 Å². The minimum Gasteiger partial charge on any atom is -0.364 e. The zero-order chi connectivity index (χ0) is 17.9. The maximum atomic E-state index is 4.42. The van der Waals surface area contributed by atoms with Crippen LogP contribution < -0.4 is 15.5 Å². The summed E-state index contributed by atoms with van der Waals surface area (Å²) in [6, 6.07) is 10.9. The van der Waals surface area contributed by atoms with E-state index >= 15 is 0 Å². The average molecular weight is 481 g/mol. The second-order valence-electron chi connectivity index (χ2n) is 7.82. The fraction of sp³-hybridized carbons (Fsp3) is 0.571. The quantitative estimate of drug-likeness (QED) is 0.294. The lowest BCUT2D eigenvalue weighted by Gasteiger charge is -2.20. The molecule has 1 saturated carbocycles. The predicted molar refractivity (Wildman–Crippen MR) is 124 cm³/mol. The number of benzene rings is 1. The van der Waals surface area contributed by atoms with Crippen molar-refractivity contribution in [2.75, 3.05) is 31.6 Å². The molecule has 0 aromatic heterocycles. The molecule has 0 bridgehead atoms. The molecule has 5 nitrogen and oxygen atoms in total. The molecular formula is C21H32IN5. The SMILES string of the molecule is CN=C(NCc1ccc(N2CC=CC2)cc1)NC1CC(C)N(C2CC2)C1.I. The number of nitrogens with zero attached hydrogens (tertiary/aromatic N) is 3. The first kappa shape index (κ1) is 20.5. The van der Waals surface area contributed by atoms with Crippen LogP contribution in [-0.2, 0) is 6.54 Å². The van der Waals surface area contributed by atoms with Crippen LogP contribution >= 0.6 is 24.0 Å². The van der Waals surface area contributed by atoms with E-state index in [-0.39, 0.29) is 24.0 Å². The van der Waals surface area contributed by atoms with Crippen LogP contribution in [0.25, 0.3) is 0 Å². The Morgan fingerprint density at radius 2 is 1.85 bits per heavy atom. The molecule has 1 aromatic carbocycles. The summed E-state index contributed by atoms with van der Waals surface area (Å²) in [7, 11) is 1.86. The zero-order valence-electron chi connectivity index (χ0n) is 16.4. The van der Waals surface area contributed by atoms with Crippen molar-refractivity contribution in [3.63, 3.8) is 0 Å². The van der Waals surface area contributed by atoms with Gasteiger partial charge in [-0.3, -0.25) is 9.89 Å². The van der Waals surface area contributed by atoms with Crippen molar-refractivity contribution in [3.05, 3.63) is 42.0 Å². The van der Waals surface area contributed by atoms with Gasteiger partial charge in [0.15, 0.2) is 5.96 Å². The Labute approximate surface area is 180 Å². The fourth-order valence-corrected chi connectivity index (χ4v) is 4.16. The molecule has 1 aromatic rings. The highest BCUT2D eigenvalue weighted by molar-refractivity contribution is 14.0. The Morgan fingerprint density at radius 3 is 2.48 bits per heavy atom. The van der Waals surface area contributed by atoms with Crippen LogP contribution in [0.1, 0.15) is 31.7 Å². The monoisotopic (exact) mass is 481 g/mol. The van der Waals surface area contributed by atoms with Crippen LogP contribution in [0, 0.1) is 0 Å². The van der Waals surface area contributed by atoms with E-state index < -0.39 is 0 Å². The molecule has 2 unspecified atom stereocenters. The molecule has 2 fully saturated rings. The number of guanidine groups is 1. The minimum atomic E-state index is 0. The first-order valence-corrected chi connectivity index (χ1v) is 9.95. The van der Waals surface area contributed by atoms with Crippen LogP contribution in [0.3, 0.4) is 0 Å². The second-order valence-corrected chi connectivity index (χ2v) is 7.82. The van der Waals surface area contributed by atoms with E-state index in [1.54, 1.807) is 0 Å². The maximum absolute atomic E-state index is 4.42. The lowest BCUT2D eigenvalue weighted by Crippen LogP contribution is -2.44. The summed E-state index contributed by atoms with van der Waals surface area (Å²) in [6.07, 6.45) is 8.41. The number of halogens is 1. The van der Waals surface area contributed by atoms with Gasteiger partial charge in [0.1, 0.15) is 0 Å². The molecule has 27 heavy (non-hydrogen) atoms. The molecule has 6 heteroatoms. The molecule has 0 spiro atoms. The van der Waals surface area contributed by atoms with Crippen molar-refractivity contribution in [3.8, 4) is 0 Å². The van der Waals surface area contributed by atoms with Gasteiger partial charge in [-0.2, -0.15) is 0 Å². The summed E-state index contributed by atoms with van der Waals surface area (Å²) >= 11 is 0. The van der Waals surface area contributed by atoms with E-state index in [0.29, 0.717) is 12.1 Å². The first-order valence-electron chi connectivity index (χ1n) is 9.95. The molecule has 2 atom stereocenters. The average Bonchev–Trinajstić information content (AvgIpc) is 3.22. The van der Waals surface area contributed by atoms with Gasteiger partial charge in [0.25, 0.3) is 0 Å². The molecule has 2 aliphatic heterocycles. The minimum absolute atomic E-state index is 0. The van der Waals surface area contributed by atoms with Crippen molar-refractivity contribution < 1.29 is 0 Å². The number of rotatable bonds is 5. The normalized spacial score (nSPS) is 25.6. The van der Waals surface area contributed by atoms with Crippen LogP contribution in [0.5, 0.6) is 0 Å². The second kappa shape index (κ2) is 9.28. The number of hydrogen-bond donors (Lipinski definition) is 2. The largest absolute Gasteiger partial charge is 0.364 e. The van der Waals surface area contributed by atoms with E-state index in [1.165, 1.54) is 30.5 Å². The lowest BCUT2D eigenvalue weighted by atomic mass is 10.2. The zero-order valence-corrected chi connectivity index (χ0v) is 18.7. The lowest BCUT2D eigenvalue weighted by molar-refractivity contribution is 0.256. The van der Waals surface area contributed by atoms with Gasteiger partial charge in [-0.1, -0.05) is 24.3 Å². The van der Waals surface area contributed by atoms with Crippen LogP contribution in [-0.4, -0.2) is 55.7 Å². The highest BCUT2D eigenvalue weighted by Gasteiger charge is 2.38. The van der Waals surface area contributed by atoms with Crippen molar-refractivity contribution >= 4 is 35.6 Å². The van der Waals surface area contributed by atoms with Crippen molar-refractivity contribution in [1.82, 2.24) is 15.5 Å². The Morgan fingerprint density at radius 1 is 1.15 bits per heavy atom. The molecule has 4 rings (SSSR count). The van der Waals surface area contributed by atoms with Crippen LogP contribution in [0.15, 0.2) is 41.4 Å². The summed E-state index contributed by atoms with van der Waals surface area (Å²) in [5.74, 6) is 0.910. The third-order valence-electron chi connectivity index (χ3n) is 5.78. The molecule has 3 aliphatic rings. The molecule has 1 saturated heterocycles. The van der Waals surface area contributed by atoms with E-state index in [1.807, 2.05) is 7.05 Å². The molecule has 2 N–H and O–H groups in total. The number of nitrogens with one attached hydrogen (secondary N) is 2. The Balaban J connectivity index is 0.00000210. The van der Waals surface area contributed by atoms with E-state index in [2.05, 4.69) is 68.8 Å². The molecule has 0 amide bonds. The third kappa shape index (κ3) is 5.16. The van der Waals surface area contributed by atoms with Gasteiger partial charge >= 0.3 is 0 Å². The number of hydrogen-bond acceptors (Lipinski definition) is 3. The highest BCUT2D eigenvalue weighted by Crippen LogP contribution is 2.33. The summed E-state index contributed by atoms with van der Waals surface area (Å²) in [5.41, 5.74) is 2.57. The smallest absolute Gasteiger partial charge is 0.191 e. The van der Waals surface area contributed by atoms with E-state index in [4.69, 9.17) is 0 Å². The Kier molecular flexibility index (Phi) is 7.03. The summed E-state index contributed by atoms with van der Waals surface area (Å²) in [4.78, 5) is 9.45. The fourth-order valence-electron chi connectivity index (χ4n) is 4.16. The van der Waals surface area contributed by atoms with Gasteiger partial charge in [0.2, 0.25) is 0 Å². The standard InChI is InChI=1S/C21H31N5.HI/c1-16-13-18(15-26(16)20-9-10-20)24-21(22-2)23-14-17-5-7-19(8-6-17)25-11-3-4-12-25;/h3-8,16,18,20H,9-15H2,1-2H3,(H2,22,23,24);1H. The molecule has 148 valence electrons. The number of aliphatic imine (C=N–C) groups is 1. The summed E-state index contributed by atoms with van der Waals surface area (Å²) < 4.78 is 0. The highest BCUT2D eigenvalue weighted by atomic mass is 127. The number of likely N-dealkylation sites (tertiary alicyclic amines) is 1. The Hall–Kier alpha value is -1.28. The van der Waals surface area contributed by atoms with Gasteiger partial charge < -0.3 is 15.5 Å². The van der Waals surface area contributed by atoms with Crippen molar-refractivity contribution in [2.24, 2.45) is 4.99 Å². The predicted octanol–water partition coefficient (Wildman–Crippen LogP) is 2.97.